The van der Waals surface area contributed by atoms with E-state index in [4.69, 9.17) is 4.74 Å². The summed E-state index contributed by atoms with van der Waals surface area (Å²) in [6.07, 6.45) is 2.94. The van der Waals surface area contributed by atoms with E-state index in [1.165, 1.54) is 11.3 Å². The zero-order chi connectivity index (χ0) is 13.9. The van der Waals surface area contributed by atoms with Gasteiger partial charge in [-0.2, -0.15) is 0 Å². The third kappa shape index (κ3) is 2.40. The second-order valence-electron chi connectivity index (χ2n) is 4.30. The van der Waals surface area contributed by atoms with Crippen molar-refractivity contribution in [1.29, 1.82) is 0 Å². The fourth-order valence-corrected chi connectivity index (χ4v) is 2.61. The maximum Gasteiger partial charge on any atom is 0.358 e. The first-order valence-electron chi connectivity index (χ1n) is 6.20. The number of esters is 1. The Labute approximate surface area is 120 Å². The smallest absolute Gasteiger partial charge is 0.358 e. The predicted octanol–water partition coefficient (Wildman–Crippen LogP) is 3.61. The van der Waals surface area contributed by atoms with E-state index in [9.17, 15) is 4.79 Å². The largest absolute Gasteiger partial charge is 0.451 e. The summed E-state index contributed by atoms with van der Waals surface area (Å²) in [5.41, 5.74) is 0.339. The van der Waals surface area contributed by atoms with Gasteiger partial charge in [0.1, 0.15) is 5.01 Å². The van der Waals surface area contributed by atoms with Crippen LogP contribution in [0.3, 0.4) is 0 Å². The first-order chi connectivity index (χ1) is 9.75. The lowest BCUT2D eigenvalue weighted by atomic mass is 10.1. The van der Waals surface area contributed by atoms with Crippen LogP contribution in [0.1, 0.15) is 28.5 Å². The standard InChI is InChI=1S/C15H12N2O2S/c1-10(14-17-8-9-20-14)19-15(18)13-12-5-3-2-4-11(12)6-7-16-13/h2-10H,1H3. The highest BCUT2D eigenvalue weighted by Crippen LogP contribution is 2.22. The molecule has 4 nitrogen and oxygen atoms in total. The maximum absolute atomic E-state index is 12.3. The van der Waals surface area contributed by atoms with E-state index < -0.39 is 5.97 Å². The third-order valence-electron chi connectivity index (χ3n) is 2.95. The summed E-state index contributed by atoms with van der Waals surface area (Å²) < 4.78 is 5.44. The number of nitrogens with zero attached hydrogens (tertiary/aromatic N) is 2. The lowest BCUT2D eigenvalue weighted by Gasteiger charge is -2.11. The van der Waals surface area contributed by atoms with Crippen molar-refractivity contribution in [2.45, 2.75) is 13.0 Å². The minimum absolute atomic E-state index is 0.339. The number of pyridine rings is 1. The monoisotopic (exact) mass is 284 g/mol. The summed E-state index contributed by atoms with van der Waals surface area (Å²) in [7, 11) is 0. The molecule has 0 aliphatic carbocycles. The SMILES string of the molecule is CC(OC(=O)c1nccc2ccccc12)c1nccs1. The molecular formula is C15H12N2O2S. The van der Waals surface area contributed by atoms with E-state index in [2.05, 4.69) is 9.97 Å². The third-order valence-corrected chi connectivity index (χ3v) is 3.89. The number of carbonyl (C=O) groups is 1. The number of fused-ring (bicyclic) bond motifs is 1. The highest BCUT2D eigenvalue weighted by atomic mass is 32.1. The van der Waals surface area contributed by atoms with Gasteiger partial charge in [-0.25, -0.2) is 14.8 Å². The van der Waals surface area contributed by atoms with Crippen molar-refractivity contribution in [3.63, 3.8) is 0 Å². The molecule has 0 aliphatic rings. The molecule has 0 aliphatic heterocycles. The Morgan fingerprint density at radius 3 is 2.85 bits per heavy atom. The van der Waals surface area contributed by atoms with Crippen LogP contribution in [0.5, 0.6) is 0 Å². The van der Waals surface area contributed by atoms with Crippen molar-refractivity contribution >= 4 is 28.1 Å². The van der Waals surface area contributed by atoms with Gasteiger partial charge in [-0.3, -0.25) is 0 Å². The number of rotatable bonds is 3. The second-order valence-corrected chi connectivity index (χ2v) is 5.22. The Balaban J connectivity index is 1.89. The van der Waals surface area contributed by atoms with Crippen LogP contribution in [-0.4, -0.2) is 15.9 Å². The number of ether oxygens (including phenoxy) is 1. The Bertz CT molecular complexity index is 735. The van der Waals surface area contributed by atoms with Gasteiger partial charge in [0.15, 0.2) is 11.8 Å². The number of aromatic nitrogens is 2. The maximum atomic E-state index is 12.3. The molecule has 0 fully saturated rings. The number of carbonyl (C=O) groups excluding carboxylic acids is 1. The van der Waals surface area contributed by atoms with Crippen molar-refractivity contribution < 1.29 is 9.53 Å². The van der Waals surface area contributed by atoms with Crippen LogP contribution >= 0.6 is 11.3 Å². The molecule has 0 bridgehead atoms. The van der Waals surface area contributed by atoms with E-state index in [0.29, 0.717) is 5.69 Å². The lowest BCUT2D eigenvalue weighted by molar-refractivity contribution is 0.0333. The average molecular weight is 284 g/mol. The fourth-order valence-electron chi connectivity index (χ4n) is 1.98. The molecule has 0 radical (unpaired) electrons. The molecule has 1 aromatic carbocycles. The number of hydrogen-bond acceptors (Lipinski definition) is 5. The first-order valence-corrected chi connectivity index (χ1v) is 7.08. The fraction of sp³-hybridized carbons (Fsp3) is 0.133. The Morgan fingerprint density at radius 2 is 2.05 bits per heavy atom. The van der Waals surface area contributed by atoms with Gasteiger partial charge in [-0.1, -0.05) is 24.3 Å². The molecule has 3 rings (SSSR count). The predicted molar refractivity (Wildman–Crippen MR) is 77.7 cm³/mol. The molecule has 0 N–H and O–H groups in total. The lowest BCUT2D eigenvalue weighted by Crippen LogP contribution is -2.11. The van der Waals surface area contributed by atoms with E-state index >= 15 is 0 Å². The molecule has 0 saturated carbocycles. The van der Waals surface area contributed by atoms with Gasteiger partial charge in [-0.05, 0) is 18.4 Å². The molecule has 5 heteroatoms. The van der Waals surface area contributed by atoms with Crippen LogP contribution in [-0.2, 0) is 4.74 Å². The average Bonchev–Trinajstić information content (AvgIpc) is 3.01. The molecule has 2 heterocycles. The molecule has 0 saturated heterocycles. The zero-order valence-corrected chi connectivity index (χ0v) is 11.6. The van der Waals surface area contributed by atoms with Crippen LogP contribution in [0.15, 0.2) is 48.1 Å². The molecule has 0 spiro atoms. The van der Waals surface area contributed by atoms with Gasteiger partial charge < -0.3 is 4.74 Å². The number of benzene rings is 1. The quantitative estimate of drug-likeness (QED) is 0.689. The molecule has 2 aromatic heterocycles. The molecule has 0 amide bonds. The summed E-state index contributed by atoms with van der Waals surface area (Å²) in [5.74, 6) is -0.426. The van der Waals surface area contributed by atoms with Crippen LogP contribution in [0, 0.1) is 0 Å². The van der Waals surface area contributed by atoms with Gasteiger partial charge in [0, 0.05) is 23.2 Å². The van der Waals surface area contributed by atoms with Crippen LogP contribution in [0.4, 0.5) is 0 Å². The van der Waals surface area contributed by atoms with E-state index in [1.54, 1.807) is 12.4 Å². The van der Waals surface area contributed by atoms with Crippen LogP contribution < -0.4 is 0 Å². The van der Waals surface area contributed by atoms with E-state index in [0.717, 1.165) is 15.8 Å². The van der Waals surface area contributed by atoms with Gasteiger partial charge in [0.05, 0.1) is 0 Å². The second kappa shape index (κ2) is 5.38. The normalized spacial score (nSPS) is 12.2. The summed E-state index contributed by atoms with van der Waals surface area (Å²) in [4.78, 5) is 20.6. The Hall–Kier alpha value is -2.27. The molecular weight excluding hydrogens is 272 g/mol. The molecule has 1 atom stereocenters. The molecule has 100 valence electrons. The summed E-state index contributed by atoms with van der Waals surface area (Å²) in [5, 5.41) is 4.40. The topological polar surface area (TPSA) is 52.1 Å². The first kappa shape index (κ1) is 12.7. The van der Waals surface area contributed by atoms with Gasteiger partial charge >= 0.3 is 5.97 Å². The highest BCUT2D eigenvalue weighted by Gasteiger charge is 2.18. The highest BCUT2D eigenvalue weighted by molar-refractivity contribution is 7.09. The Morgan fingerprint density at radius 1 is 1.20 bits per heavy atom. The minimum atomic E-state index is -0.426. The van der Waals surface area contributed by atoms with Crippen molar-refractivity contribution in [3.05, 3.63) is 58.8 Å². The van der Waals surface area contributed by atoms with Crippen molar-refractivity contribution in [1.82, 2.24) is 9.97 Å². The van der Waals surface area contributed by atoms with Crippen molar-refractivity contribution in [2.75, 3.05) is 0 Å². The summed E-state index contributed by atoms with van der Waals surface area (Å²) >= 11 is 1.46. The summed E-state index contributed by atoms with van der Waals surface area (Å²) in [6, 6.07) is 9.49. The van der Waals surface area contributed by atoms with Gasteiger partial charge in [-0.15, -0.1) is 11.3 Å². The summed E-state index contributed by atoms with van der Waals surface area (Å²) in [6.45, 7) is 1.81. The van der Waals surface area contributed by atoms with Gasteiger partial charge in [0.2, 0.25) is 0 Å². The number of hydrogen-bond donors (Lipinski definition) is 0. The van der Waals surface area contributed by atoms with E-state index in [-0.39, 0.29) is 6.10 Å². The van der Waals surface area contributed by atoms with Crippen LogP contribution in [0.25, 0.3) is 10.8 Å². The zero-order valence-electron chi connectivity index (χ0n) is 10.8. The van der Waals surface area contributed by atoms with Crippen molar-refractivity contribution in [3.8, 4) is 0 Å². The van der Waals surface area contributed by atoms with Gasteiger partial charge in [0.25, 0.3) is 0 Å². The Kier molecular flexibility index (Phi) is 3.43. The molecule has 1 unspecified atom stereocenters. The minimum Gasteiger partial charge on any atom is -0.451 e. The van der Waals surface area contributed by atoms with Crippen molar-refractivity contribution in [2.24, 2.45) is 0 Å². The molecule has 3 aromatic rings. The van der Waals surface area contributed by atoms with E-state index in [1.807, 2.05) is 42.6 Å². The number of thiazole rings is 1. The van der Waals surface area contributed by atoms with Crippen LogP contribution in [0.2, 0.25) is 0 Å². The molecule has 20 heavy (non-hydrogen) atoms.